The SMILES string of the molecule is COCC(=O)c1c(C)[nH]c(C=O)c1C. The lowest BCUT2D eigenvalue weighted by Crippen LogP contribution is -2.08. The summed E-state index contributed by atoms with van der Waals surface area (Å²) in [5.74, 6) is -0.105. The zero-order valence-electron chi connectivity index (χ0n) is 8.51. The molecule has 1 aromatic heterocycles. The van der Waals surface area contributed by atoms with Gasteiger partial charge in [-0.15, -0.1) is 0 Å². The maximum absolute atomic E-state index is 11.6. The number of rotatable bonds is 4. The van der Waals surface area contributed by atoms with E-state index in [-0.39, 0.29) is 12.4 Å². The van der Waals surface area contributed by atoms with Crippen LogP contribution in [0.1, 0.15) is 32.1 Å². The fourth-order valence-corrected chi connectivity index (χ4v) is 1.51. The van der Waals surface area contributed by atoms with Crippen LogP contribution in [-0.2, 0) is 4.74 Å². The third-order valence-electron chi connectivity index (χ3n) is 2.15. The normalized spacial score (nSPS) is 10.2. The number of methoxy groups -OCH3 is 1. The summed E-state index contributed by atoms with van der Waals surface area (Å²) in [7, 11) is 1.47. The van der Waals surface area contributed by atoms with E-state index in [4.69, 9.17) is 4.74 Å². The minimum atomic E-state index is -0.105. The summed E-state index contributed by atoms with van der Waals surface area (Å²) < 4.78 is 4.76. The van der Waals surface area contributed by atoms with Crippen molar-refractivity contribution in [3.8, 4) is 0 Å². The van der Waals surface area contributed by atoms with Gasteiger partial charge in [-0.1, -0.05) is 0 Å². The van der Waals surface area contributed by atoms with Gasteiger partial charge < -0.3 is 9.72 Å². The summed E-state index contributed by atoms with van der Waals surface area (Å²) in [6, 6.07) is 0. The molecule has 1 aromatic rings. The van der Waals surface area contributed by atoms with Gasteiger partial charge >= 0.3 is 0 Å². The number of Topliss-reactive ketones (excluding diaryl/α,β-unsaturated/α-hetero) is 1. The second-order valence-corrected chi connectivity index (χ2v) is 3.14. The minimum Gasteiger partial charge on any atom is -0.377 e. The first kappa shape index (κ1) is 10.7. The molecule has 0 amide bonds. The van der Waals surface area contributed by atoms with Crippen LogP contribution in [0.3, 0.4) is 0 Å². The van der Waals surface area contributed by atoms with Crippen LogP contribution in [0.2, 0.25) is 0 Å². The van der Waals surface area contributed by atoms with Gasteiger partial charge in [-0.05, 0) is 19.4 Å². The highest BCUT2D eigenvalue weighted by Crippen LogP contribution is 2.16. The zero-order valence-corrected chi connectivity index (χ0v) is 8.51. The molecular weight excluding hydrogens is 182 g/mol. The molecule has 1 N–H and O–H groups in total. The minimum absolute atomic E-state index is 0.0395. The molecule has 0 aliphatic rings. The number of hydrogen-bond donors (Lipinski definition) is 1. The van der Waals surface area contributed by atoms with Gasteiger partial charge in [0.15, 0.2) is 12.1 Å². The summed E-state index contributed by atoms with van der Waals surface area (Å²) in [6.45, 7) is 3.55. The molecule has 0 saturated heterocycles. The monoisotopic (exact) mass is 195 g/mol. The molecule has 0 radical (unpaired) electrons. The van der Waals surface area contributed by atoms with E-state index in [1.165, 1.54) is 7.11 Å². The summed E-state index contributed by atoms with van der Waals surface area (Å²) in [5, 5.41) is 0. The number of carbonyl (C=O) groups excluding carboxylic acids is 2. The molecule has 0 unspecified atom stereocenters. The Morgan fingerprint density at radius 2 is 2.14 bits per heavy atom. The molecular formula is C10H13NO3. The number of H-pyrrole nitrogens is 1. The van der Waals surface area contributed by atoms with Crippen molar-refractivity contribution in [3.05, 3.63) is 22.5 Å². The van der Waals surface area contributed by atoms with E-state index in [9.17, 15) is 9.59 Å². The van der Waals surface area contributed by atoms with E-state index in [2.05, 4.69) is 4.98 Å². The van der Waals surface area contributed by atoms with Crippen molar-refractivity contribution in [2.24, 2.45) is 0 Å². The van der Waals surface area contributed by atoms with Gasteiger partial charge in [0.2, 0.25) is 0 Å². The van der Waals surface area contributed by atoms with E-state index in [1.807, 2.05) is 0 Å². The Hall–Kier alpha value is -1.42. The third-order valence-corrected chi connectivity index (χ3v) is 2.15. The summed E-state index contributed by atoms with van der Waals surface area (Å²) in [5.41, 5.74) is 2.43. The maximum atomic E-state index is 11.6. The second-order valence-electron chi connectivity index (χ2n) is 3.14. The summed E-state index contributed by atoms with van der Waals surface area (Å²) >= 11 is 0. The Labute approximate surface area is 82.3 Å². The largest absolute Gasteiger partial charge is 0.377 e. The van der Waals surface area contributed by atoms with Crippen LogP contribution in [0.4, 0.5) is 0 Å². The van der Waals surface area contributed by atoms with Gasteiger partial charge in [-0.3, -0.25) is 9.59 Å². The number of ether oxygens (including phenoxy) is 1. The lowest BCUT2D eigenvalue weighted by molar-refractivity contribution is 0.0847. The molecule has 0 fully saturated rings. The zero-order chi connectivity index (χ0) is 10.7. The molecule has 0 saturated carbocycles. The van der Waals surface area contributed by atoms with Crippen molar-refractivity contribution in [2.75, 3.05) is 13.7 Å². The van der Waals surface area contributed by atoms with E-state index in [0.29, 0.717) is 28.8 Å². The Morgan fingerprint density at radius 3 is 2.57 bits per heavy atom. The third kappa shape index (κ3) is 1.75. The lowest BCUT2D eigenvalue weighted by Gasteiger charge is -1.99. The lowest BCUT2D eigenvalue weighted by atomic mass is 10.1. The molecule has 0 aliphatic heterocycles. The Balaban J connectivity index is 3.13. The molecule has 0 aliphatic carbocycles. The van der Waals surface area contributed by atoms with Crippen LogP contribution in [-0.4, -0.2) is 30.8 Å². The van der Waals surface area contributed by atoms with Crippen molar-refractivity contribution < 1.29 is 14.3 Å². The highest BCUT2D eigenvalue weighted by molar-refractivity contribution is 6.01. The molecule has 4 heteroatoms. The van der Waals surface area contributed by atoms with Crippen molar-refractivity contribution in [1.82, 2.24) is 4.98 Å². The van der Waals surface area contributed by atoms with Crippen LogP contribution < -0.4 is 0 Å². The molecule has 0 aromatic carbocycles. The van der Waals surface area contributed by atoms with Crippen molar-refractivity contribution in [2.45, 2.75) is 13.8 Å². The average molecular weight is 195 g/mol. The number of aryl methyl sites for hydroxylation is 1. The first-order valence-corrected chi connectivity index (χ1v) is 4.28. The van der Waals surface area contributed by atoms with Gasteiger partial charge in [0.25, 0.3) is 0 Å². The molecule has 0 bridgehead atoms. The van der Waals surface area contributed by atoms with E-state index in [0.717, 1.165) is 0 Å². The smallest absolute Gasteiger partial charge is 0.190 e. The van der Waals surface area contributed by atoms with Gasteiger partial charge in [0, 0.05) is 18.4 Å². The molecule has 1 rings (SSSR count). The molecule has 1 heterocycles. The molecule has 0 spiro atoms. The number of aromatic nitrogens is 1. The number of aromatic amines is 1. The standard InChI is InChI=1S/C10H13NO3/c1-6-8(4-12)11-7(2)10(6)9(13)5-14-3/h4,11H,5H2,1-3H3. The molecule has 76 valence electrons. The summed E-state index contributed by atoms with van der Waals surface area (Å²) in [6.07, 6.45) is 0.714. The predicted octanol–water partition coefficient (Wildman–Crippen LogP) is 1.27. The maximum Gasteiger partial charge on any atom is 0.190 e. The topological polar surface area (TPSA) is 59.2 Å². The number of hydrogen-bond acceptors (Lipinski definition) is 3. The van der Waals surface area contributed by atoms with Gasteiger partial charge in [-0.2, -0.15) is 0 Å². The first-order valence-electron chi connectivity index (χ1n) is 4.28. The number of carbonyl (C=O) groups is 2. The van der Waals surface area contributed by atoms with Crippen molar-refractivity contribution >= 4 is 12.1 Å². The average Bonchev–Trinajstić information content (AvgIpc) is 2.41. The van der Waals surface area contributed by atoms with E-state index < -0.39 is 0 Å². The summed E-state index contributed by atoms with van der Waals surface area (Å²) in [4.78, 5) is 25.0. The van der Waals surface area contributed by atoms with Crippen LogP contribution in [0.15, 0.2) is 0 Å². The fourth-order valence-electron chi connectivity index (χ4n) is 1.51. The predicted molar refractivity (Wildman–Crippen MR) is 51.9 cm³/mol. The Bertz CT molecular complexity index is 366. The van der Waals surface area contributed by atoms with Crippen LogP contribution >= 0.6 is 0 Å². The second kappa shape index (κ2) is 4.19. The van der Waals surface area contributed by atoms with Crippen molar-refractivity contribution in [1.29, 1.82) is 0 Å². The number of ketones is 1. The Morgan fingerprint density at radius 1 is 1.50 bits per heavy atom. The fraction of sp³-hybridized carbons (Fsp3) is 0.400. The number of nitrogens with one attached hydrogen (secondary N) is 1. The highest BCUT2D eigenvalue weighted by Gasteiger charge is 2.17. The Kier molecular flexibility index (Phi) is 3.19. The van der Waals surface area contributed by atoms with Gasteiger partial charge in [-0.25, -0.2) is 0 Å². The molecule has 0 atom stereocenters. The molecule has 14 heavy (non-hydrogen) atoms. The van der Waals surface area contributed by atoms with Crippen molar-refractivity contribution in [3.63, 3.8) is 0 Å². The van der Waals surface area contributed by atoms with E-state index in [1.54, 1.807) is 13.8 Å². The number of aldehydes is 1. The quantitative estimate of drug-likeness (QED) is 0.581. The van der Waals surface area contributed by atoms with Crippen LogP contribution in [0.5, 0.6) is 0 Å². The molecule has 4 nitrogen and oxygen atoms in total. The van der Waals surface area contributed by atoms with Gasteiger partial charge in [0.05, 0.1) is 5.69 Å². The van der Waals surface area contributed by atoms with E-state index >= 15 is 0 Å². The van der Waals surface area contributed by atoms with Crippen LogP contribution in [0, 0.1) is 13.8 Å². The highest BCUT2D eigenvalue weighted by atomic mass is 16.5. The van der Waals surface area contributed by atoms with Crippen LogP contribution in [0.25, 0.3) is 0 Å². The first-order chi connectivity index (χ1) is 6.61. The van der Waals surface area contributed by atoms with Gasteiger partial charge in [0.1, 0.15) is 6.61 Å².